The summed E-state index contributed by atoms with van der Waals surface area (Å²) in [4.78, 5) is 15.5. The molecule has 0 saturated carbocycles. The van der Waals surface area contributed by atoms with Crippen LogP contribution in [0.2, 0.25) is 0 Å². The predicted molar refractivity (Wildman–Crippen MR) is 128 cm³/mol. The van der Waals surface area contributed by atoms with Crippen molar-refractivity contribution in [2.24, 2.45) is 0 Å². The van der Waals surface area contributed by atoms with E-state index in [0.29, 0.717) is 25.2 Å². The summed E-state index contributed by atoms with van der Waals surface area (Å²) >= 11 is 0. The molecule has 2 aliphatic heterocycles. The summed E-state index contributed by atoms with van der Waals surface area (Å²) in [5.41, 5.74) is 1.52. The van der Waals surface area contributed by atoms with E-state index in [0.717, 1.165) is 25.9 Å². The van der Waals surface area contributed by atoms with Crippen LogP contribution in [-0.2, 0) is 14.8 Å². The SMILES string of the molecule is C[C@@H]1CN(S(=O)(=O)c2cccc(C(=O)NC[C@@H](c3ccccc3)N3CCCC3)c2)C[C@@H](C)O1. The fraction of sp³-hybridized carbons (Fsp3) is 0.480. The highest BCUT2D eigenvalue weighted by Crippen LogP contribution is 2.25. The number of nitrogens with zero attached hydrogens (tertiary/aromatic N) is 2. The number of morpholine rings is 1. The van der Waals surface area contributed by atoms with Gasteiger partial charge in [0.15, 0.2) is 0 Å². The van der Waals surface area contributed by atoms with Crippen LogP contribution in [0.4, 0.5) is 0 Å². The van der Waals surface area contributed by atoms with Gasteiger partial charge in [0, 0.05) is 25.2 Å². The average Bonchev–Trinajstić information content (AvgIpc) is 3.34. The van der Waals surface area contributed by atoms with Crippen molar-refractivity contribution in [1.82, 2.24) is 14.5 Å². The summed E-state index contributed by atoms with van der Waals surface area (Å²) in [6.07, 6.45) is 1.98. The Kier molecular flexibility index (Phi) is 7.48. The van der Waals surface area contributed by atoms with Gasteiger partial charge in [-0.3, -0.25) is 9.69 Å². The standard InChI is InChI=1S/C25H33N3O4S/c1-19-17-28(18-20(2)32-19)33(30,31)23-12-8-11-22(15-23)25(29)26-16-24(27-13-6-7-14-27)21-9-4-3-5-10-21/h3-5,8-12,15,19-20,24H,6-7,13-14,16-18H2,1-2H3,(H,26,29)/t19-,20-,24+/m1/s1. The lowest BCUT2D eigenvalue weighted by Gasteiger charge is -2.34. The number of nitrogens with one attached hydrogen (secondary N) is 1. The Balaban J connectivity index is 1.48. The Morgan fingerprint density at radius 1 is 1.03 bits per heavy atom. The highest BCUT2D eigenvalue weighted by Gasteiger charge is 2.32. The lowest BCUT2D eigenvalue weighted by molar-refractivity contribution is -0.0440. The van der Waals surface area contributed by atoms with Crippen molar-refractivity contribution in [3.8, 4) is 0 Å². The molecule has 0 aliphatic carbocycles. The molecule has 0 radical (unpaired) electrons. The maximum absolute atomic E-state index is 13.2. The molecule has 7 nitrogen and oxygen atoms in total. The minimum Gasteiger partial charge on any atom is -0.373 e. The number of carbonyl (C=O) groups is 1. The van der Waals surface area contributed by atoms with Crippen molar-refractivity contribution < 1.29 is 17.9 Å². The van der Waals surface area contributed by atoms with Gasteiger partial charge in [0.1, 0.15) is 0 Å². The normalized spacial score (nSPS) is 23.3. The van der Waals surface area contributed by atoms with Gasteiger partial charge < -0.3 is 10.1 Å². The average molecular weight is 472 g/mol. The Bertz CT molecular complexity index is 1040. The largest absolute Gasteiger partial charge is 0.373 e. The van der Waals surface area contributed by atoms with Gasteiger partial charge in [0.25, 0.3) is 5.91 Å². The van der Waals surface area contributed by atoms with Gasteiger partial charge in [-0.05, 0) is 63.5 Å². The highest BCUT2D eigenvalue weighted by molar-refractivity contribution is 7.89. The molecule has 1 amide bonds. The topological polar surface area (TPSA) is 79.0 Å². The van der Waals surface area contributed by atoms with Crippen molar-refractivity contribution in [3.05, 3.63) is 65.7 Å². The first-order chi connectivity index (χ1) is 15.8. The lowest BCUT2D eigenvalue weighted by atomic mass is 10.1. The van der Waals surface area contributed by atoms with Gasteiger partial charge in [-0.25, -0.2) is 8.42 Å². The summed E-state index contributed by atoms with van der Waals surface area (Å²) in [6.45, 7) is 6.84. The van der Waals surface area contributed by atoms with Gasteiger partial charge in [0.05, 0.1) is 23.1 Å². The molecular formula is C25H33N3O4S. The second-order valence-electron chi connectivity index (χ2n) is 8.99. The Morgan fingerprint density at radius 3 is 2.36 bits per heavy atom. The molecule has 178 valence electrons. The van der Waals surface area contributed by atoms with Crippen LogP contribution in [0.15, 0.2) is 59.5 Å². The fourth-order valence-corrected chi connectivity index (χ4v) is 6.39. The number of ether oxygens (including phenoxy) is 1. The van der Waals surface area contributed by atoms with Crippen LogP contribution in [-0.4, -0.2) is 68.5 Å². The van der Waals surface area contributed by atoms with E-state index in [1.54, 1.807) is 18.2 Å². The predicted octanol–water partition coefficient (Wildman–Crippen LogP) is 3.05. The first kappa shape index (κ1) is 23.9. The maximum Gasteiger partial charge on any atom is 0.251 e. The third-order valence-electron chi connectivity index (χ3n) is 6.34. The molecule has 33 heavy (non-hydrogen) atoms. The van der Waals surface area contributed by atoms with Crippen molar-refractivity contribution in [3.63, 3.8) is 0 Å². The zero-order valence-corrected chi connectivity index (χ0v) is 20.1. The molecule has 4 rings (SSSR count). The first-order valence-electron chi connectivity index (χ1n) is 11.7. The van der Waals surface area contributed by atoms with Crippen LogP contribution in [0.3, 0.4) is 0 Å². The van der Waals surface area contributed by atoms with Crippen molar-refractivity contribution >= 4 is 15.9 Å². The molecular weight excluding hydrogens is 438 g/mol. The molecule has 0 bridgehead atoms. The molecule has 2 saturated heterocycles. The summed E-state index contributed by atoms with van der Waals surface area (Å²) < 4.78 is 33.5. The molecule has 2 fully saturated rings. The molecule has 0 aromatic heterocycles. The minimum absolute atomic E-state index is 0.0980. The van der Waals surface area contributed by atoms with Crippen LogP contribution in [0.25, 0.3) is 0 Å². The third kappa shape index (κ3) is 5.63. The van der Waals surface area contributed by atoms with Gasteiger partial charge >= 0.3 is 0 Å². The smallest absolute Gasteiger partial charge is 0.251 e. The second-order valence-corrected chi connectivity index (χ2v) is 10.9. The summed E-state index contributed by atoms with van der Waals surface area (Å²) in [5.74, 6) is -0.268. The molecule has 1 N–H and O–H groups in total. The number of hydrogen-bond donors (Lipinski definition) is 1. The van der Waals surface area contributed by atoms with Gasteiger partial charge in [-0.1, -0.05) is 36.4 Å². The first-order valence-corrected chi connectivity index (χ1v) is 13.1. The summed E-state index contributed by atoms with van der Waals surface area (Å²) in [5, 5.41) is 3.04. The monoisotopic (exact) mass is 471 g/mol. The van der Waals surface area contributed by atoms with Crippen molar-refractivity contribution in [2.75, 3.05) is 32.7 Å². The number of carbonyl (C=O) groups excluding carboxylic acids is 1. The molecule has 2 heterocycles. The van der Waals surface area contributed by atoms with E-state index in [1.165, 1.54) is 15.9 Å². The minimum atomic E-state index is -3.71. The summed E-state index contributed by atoms with van der Waals surface area (Å²) in [7, 11) is -3.71. The molecule has 0 spiro atoms. The number of benzene rings is 2. The van der Waals surface area contributed by atoms with Crippen LogP contribution >= 0.6 is 0 Å². The maximum atomic E-state index is 13.2. The molecule has 2 aromatic rings. The number of rotatable bonds is 7. The number of amides is 1. The van der Waals surface area contributed by atoms with Crippen LogP contribution < -0.4 is 5.32 Å². The van der Waals surface area contributed by atoms with E-state index in [1.807, 2.05) is 32.0 Å². The lowest BCUT2D eigenvalue weighted by Crippen LogP contribution is -2.48. The van der Waals surface area contributed by atoms with Gasteiger partial charge in [-0.2, -0.15) is 4.31 Å². The quantitative estimate of drug-likeness (QED) is 0.672. The number of hydrogen-bond acceptors (Lipinski definition) is 5. The zero-order chi connectivity index (χ0) is 23.4. The van der Waals surface area contributed by atoms with Gasteiger partial charge in [0.2, 0.25) is 10.0 Å². The number of likely N-dealkylation sites (tertiary alicyclic amines) is 1. The Labute approximate surface area is 196 Å². The zero-order valence-electron chi connectivity index (χ0n) is 19.3. The van der Waals surface area contributed by atoms with Crippen LogP contribution in [0.1, 0.15) is 48.7 Å². The fourth-order valence-electron chi connectivity index (χ4n) is 4.75. The third-order valence-corrected chi connectivity index (χ3v) is 8.17. The van der Waals surface area contributed by atoms with Gasteiger partial charge in [-0.15, -0.1) is 0 Å². The molecule has 2 aromatic carbocycles. The van der Waals surface area contributed by atoms with Crippen molar-refractivity contribution in [2.45, 2.75) is 49.8 Å². The van der Waals surface area contributed by atoms with Crippen LogP contribution in [0.5, 0.6) is 0 Å². The van der Waals surface area contributed by atoms with E-state index < -0.39 is 10.0 Å². The van der Waals surface area contributed by atoms with E-state index in [2.05, 4.69) is 22.3 Å². The van der Waals surface area contributed by atoms with E-state index in [-0.39, 0.29) is 29.1 Å². The van der Waals surface area contributed by atoms with Crippen LogP contribution in [0, 0.1) is 0 Å². The second kappa shape index (κ2) is 10.3. The van der Waals surface area contributed by atoms with Crippen molar-refractivity contribution in [1.29, 1.82) is 0 Å². The molecule has 8 heteroatoms. The Morgan fingerprint density at radius 2 is 1.70 bits per heavy atom. The molecule has 3 atom stereocenters. The Hall–Kier alpha value is -2.26. The van der Waals surface area contributed by atoms with E-state index in [4.69, 9.17) is 4.74 Å². The summed E-state index contributed by atoms with van der Waals surface area (Å²) in [6, 6.07) is 16.6. The van der Waals surface area contributed by atoms with E-state index >= 15 is 0 Å². The van der Waals surface area contributed by atoms with E-state index in [9.17, 15) is 13.2 Å². The molecule has 0 unspecified atom stereocenters. The highest BCUT2D eigenvalue weighted by atomic mass is 32.2. The number of sulfonamides is 1. The molecule has 2 aliphatic rings.